The average molecular weight is 196 g/mol. The Bertz CT molecular complexity index is 234. The lowest BCUT2D eigenvalue weighted by molar-refractivity contribution is -0.313. The minimum Gasteiger partial charge on any atom is -0.387 e. The lowest BCUT2D eigenvalue weighted by Gasteiger charge is -2.54. The predicted molar refractivity (Wildman–Crippen MR) is 38.2 cm³/mol. The molecule has 3 saturated carbocycles. The minimum atomic E-state index is -3.81. The lowest BCUT2D eigenvalue weighted by atomic mass is 9.62. The minimum absolute atomic E-state index is 0.0831. The first-order chi connectivity index (χ1) is 5.82. The van der Waals surface area contributed by atoms with E-state index in [1.807, 2.05) is 0 Å². The molecule has 76 valence electrons. The number of hydrogen-bond acceptors (Lipinski definition) is 2. The summed E-state index contributed by atoms with van der Waals surface area (Å²) in [5, 5.41) is 18.9. The number of rotatable bonds is 0. The zero-order valence-electron chi connectivity index (χ0n) is 6.93. The first-order valence-corrected chi connectivity index (χ1v) is 4.28. The number of alkyl halides is 3. The second kappa shape index (κ2) is 2.20. The Morgan fingerprint density at radius 2 is 1.46 bits per heavy atom. The molecule has 13 heavy (non-hydrogen) atoms. The van der Waals surface area contributed by atoms with Crippen molar-refractivity contribution in [2.75, 3.05) is 0 Å². The van der Waals surface area contributed by atoms with Crippen LogP contribution in [0.2, 0.25) is 0 Å². The summed E-state index contributed by atoms with van der Waals surface area (Å²) in [4.78, 5) is 0. The van der Waals surface area contributed by atoms with Gasteiger partial charge in [-0.3, -0.25) is 0 Å². The van der Waals surface area contributed by atoms with Crippen LogP contribution >= 0.6 is 0 Å². The number of halogens is 3. The van der Waals surface area contributed by atoms with Crippen molar-refractivity contribution >= 4 is 0 Å². The maximum atomic E-state index is 13.1. The third-order valence-electron chi connectivity index (χ3n) is 3.35. The van der Waals surface area contributed by atoms with Crippen molar-refractivity contribution in [1.82, 2.24) is 0 Å². The Morgan fingerprint density at radius 3 is 1.85 bits per heavy atom. The van der Waals surface area contributed by atoms with Gasteiger partial charge in [0.25, 0.3) is 0 Å². The highest BCUT2D eigenvalue weighted by Gasteiger charge is 2.71. The van der Waals surface area contributed by atoms with Crippen molar-refractivity contribution < 1.29 is 23.4 Å². The van der Waals surface area contributed by atoms with Crippen LogP contribution in [-0.2, 0) is 0 Å². The van der Waals surface area contributed by atoms with Crippen LogP contribution < -0.4 is 0 Å². The molecular weight excluding hydrogens is 185 g/mol. The summed E-state index contributed by atoms with van der Waals surface area (Å²) in [6, 6.07) is 0. The molecule has 0 saturated heterocycles. The molecule has 0 aliphatic heterocycles. The third-order valence-corrected chi connectivity index (χ3v) is 3.35. The highest BCUT2D eigenvalue weighted by Crippen LogP contribution is 2.56. The topological polar surface area (TPSA) is 40.5 Å². The first-order valence-electron chi connectivity index (χ1n) is 4.28. The maximum Gasteiger partial charge on any atom is 0.309 e. The summed E-state index contributed by atoms with van der Waals surface area (Å²) in [5.74, 6) is -3.81. The molecule has 2 nitrogen and oxygen atoms in total. The van der Waals surface area contributed by atoms with Crippen LogP contribution in [0.3, 0.4) is 0 Å². The van der Waals surface area contributed by atoms with Crippen LogP contribution in [0.5, 0.6) is 0 Å². The summed E-state index contributed by atoms with van der Waals surface area (Å²) in [5.41, 5.74) is -4.16. The average Bonchev–Trinajstić information content (AvgIpc) is 2.07. The molecule has 3 aliphatic rings. The molecule has 2 N–H and O–H groups in total. The Morgan fingerprint density at radius 1 is 1.00 bits per heavy atom. The van der Waals surface area contributed by atoms with Gasteiger partial charge in [0.05, 0.1) is 0 Å². The molecule has 0 aromatic rings. The number of aliphatic hydroxyl groups is 2. The van der Waals surface area contributed by atoms with Crippen molar-refractivity contribution in [2.45, 2.75) is 49.0 Å². The van der Waals surface area contributed by atoms with E-state index in [0.717, 1.165) is 0 Å². The summed E-state index contributed by atoms with van der Waals surface area (Å²) >= 11 is 0. The van der Waals surface area contributed by atoms with Gasteiger partial charge in [-0.05, 0) is 25.7 Å². The van der Waals surface area contributed by atoms with Gasteiger partial charge in [-0.15, -0.1) is 0 Å². The fourth-order valence-corrected chi connectivity index (χ4v) is 2.26. The summed E-state index contributed by atoms with van der Waals surface area (Å²) in [6.07, 6.45) is -3.25. The summed E-state index contributed by atoms with van der Waals surface area (Å²) < 4.78 is 39.4. The smallest absolute Gasteiger partial charge is 0.309 e. The van der Waals surface area contributed by atoms with Crippen molar-refractivity contribution in [1.29, 1.82) is 0 Å². The Balaban J connectivity index is 2.41. The molecule has 0 amide bonds. The molecule has 3 rings (SSSR count). The van der Waals surface area contributed by atoms with Gasteiger partial charge < -0.3 is 10.2 Å². The Labute approximate surface area is 73.4 Å². The van der Waals surface area contributed by atoms with Crippen LogP contribution in [0.25, 0.3) is 0 Å². The van der Waals surface area contributed by atoms with Gasteiger partial charge >= 0.3 is 5.92 Å². The molecule has 3 fully saturated rings. The normalized spacial score (nSPS) is 53.8. The SMILES string of the molecule is OC12CCC(O)(CC1)C(F)(F)C2F. The van der Waals surface area contributed by atoms with E-state index in [-0.39, 0.29) is 25.7 Å². The third kappa shape index (κ3) is 0.916. The van der Waals surface area contributed by atoms with E-state index in [2.05, 4.69) is 0 Å². The number of hydrogen-bond donors (Lipinski definition) is 2. The zero-order valence-corrected chi connectivity index (χ0v) is 6.93. The van der Waals surface area contributed by atoms with Crippen molar-refractivity contribution in [2.24, 2.45) is 0 Å². The van der Waals surface area contributed by atoms with E-state index in [1.54, 1.807) is 0 Å². The molecule has 0 radical (unpaired) electrons. The fourth-order valence-electron chi connectivity index (χ4n) is 2.26. The Kier molecular flexibility index (Phi) is 1.57. The largest absolute Gasteiger partial charge is 0.387 e. The number of fused-ring (bicyclic) bond motifs is 3. The second-order valence-corrected chi connectivity index (χ2v) is 4.12. The zero-order chi connectivity index (χ0) is 9.91. The van der Waals surface area contributed by atoms with Gasteiger partial charge in [0.1, 0.15) is 11.2 Å². The molecule has 2 bridgehead atoms. The monoisotopic (exact) mass is 196 g/mol. The highest BCUT2D eigenvalue weighted by atomic mass is 19.3. The van der Waals surface area contributed by atoms with Crippen molar-refractivity contribution in [3.63, 3.8) is 0 Å². The van der Waals surface area contributed by atoms with Crippen LogP contribution in [0.1, 0.15) is 25.7 Å². The van der Waals surface area contributed by atoms with E-state index in [0.29, 0.717) is 0 Å². The molecule has 5 heteroatoms. The van der Waals surface area contributed by atoms with Crippen molar-refractivity contribution in [3.8, 4) is 0 Å². The molecule has 0 aromatic heterocycles. The van der Waals surface area contributed by atoms with Gasteiger partial charge in [0.2, 0.25) is 0 Å². The van der Waals surface area contributed by atoms with E-state index >= 15 is 0 Å². The van der Waals surface area contributed by atoms with E-state index in [1.165, 1.54) is 0 Å². The summed E-state index contributed by atoms with van der Waals surface area (Å²) in [7, 11) is 0. The van der Waals surface area contributed by atoms with Crippen LogP contribution in [0.15, 0.2) is 0 Å². The second-order valence-electron chi connectivity index (χ2n) is 4.12. The molecule has 1 unspecified atom stereocenters. The Hall–Kier alpha value is -0.290. The van der Waals surface area contributed by atoms with E-state index < -0.39 is 23.3 Å². The lowest BCUT2D eigenvalue weighted by Crippen LogP contribution is -2.70. The van der Waals surface area contributed by atoms with E-state index in [9.17, 15) is 23.4 Å². The van der Waals surface area contributed by atoms with Gasteiger partial charge in [0, 0.05) is 0 Å². The standard InChI is InChI=1S/C8H11F3O2/c9-5-6(12)1-3-7(13,4-2-6)8(5,10)11/h5,12-13H,1-4H2. The maximum absolute atomic E-state index is 13.1. The quantitative estimate of drug-likeness (QED) is 0.607. The molecule has 1 atom stereocenters. The van der Waals surface area contributed by atoms with Crippen molar-refractivity contribution in [3.05, 3.63) is 0 Å². The molecule has 0 spiro atoms. The summed E-state index contributed by atoms with van der Waals surface area (Å²) in [6.45, 7) is 0. The first kappa shape index (κ1) is 9.27. The van der Waals surface area contributed by atoms with Gasteiger partial charge in [-0.25, -0.2) is 13.2 Å². The van der Waals surface area contributed by atoms with Gasteiger partial charge in [-0.1, -0.05) is 0 Å². The molecule has 0 heterocycles. The van der Waals surface area contributed by atoms with Crippen LogP contribution in [-0.4, -0.2) is 33.5 Å². The van der Waals surface area contributed by atoms with Gasteiger partial charge in [0.15, 0.2) is 6.17 Å². The molecular formula is C8H11F3O2. The van der Waals surface area contributed by atoms with E-state index in [4.69, 9.17) is 0 Å². The molecule has 0 aromatic carbocycles. The highest BCUT2D eigenvalue weighted by molar-refractivity contribution is 5.15. The molecule has 3 aliphatic carbocycles. The van der Waals surface area contributed by atoms with Crippen LogP contribution in [0, 0.1) is 0 Å². The predicted octanol–water partition coefficient (Wildman–Crippen LogP) is 1.01. The van der Waals surface area contributed by atoms with Gasteiger partial charge in [-0.2, -0.15) is 0 Å². The van der Waals surface area contributed by atoms with Crippen LogP contribution in [0.4, 0.5) is 13.2 Å². The fraction of sp³-hybridized carbons (Fsp3) is 1.00.